The van der Waals surface area contributed by atoms with E-state index in [2.05, 4.69) is 9.72 Å². The van der Waals surface area contributed by atoms with E-state index in [0.717, 1.165) is 28.2 Å². The first-order valence-corrected chi connectivity index (χ1v) is 8.56. The molecule has 1 aliphatic rings. The minimum atomic E-state index is -4.81. The van der Waals surface area contributed by atoms with Gasteiger partial charge in [-0.15, -0.1) is 13.2 Å². The average molecular weight is 393 g/mol. The van der Waals surface area contributed by atoms with E-state index in [9.17, 15) is 22.8 Å². The Morgan fingerprint density at radius 1 is 1.14 bits per heavy atom. The Morgan fingerprint density at radius 3 is 2.43 bits per heavy atom. The van der Waals surface area contributed by atoms with Crippen molar-refractivity contribution >= 4 is 17.6 Å². The van der Waals surface area contributed by atoms with Gasteiger partial charge in [0.25, 0.3) is 5.91 Å². The van der Waals surface area contributed by atoms with Gasteiger partial charge in [0.1, 0.15) is 12.3 Å². The summed E-state index contributed by atoms with van der Waals surface area (Å²) in [6, 6.07) is 5.89. The Morgan fingerprint density at radius 2 is 1.82 bits per heavy atom. The normalized spacial score (nSPS) is 14.9. The summed E-state index contributed by atoms with van der Waals surface area (Å²) < 4.78 is 40.6. The second-order valence-corrected chi connectivity index (χ2v) is 6.64. The fraction of sp³-hybridized carbons (Fsp3) is 0.316. The average Bonchev–Trinajstić information content (AvgIpc) is 2.88. The third-order valence-electron chi connectivity index (χ3n) is 4.30. The van der Waals surface area contributed by atoms with Crippen molar-refractivity contribution in [1.29, 1.82) is 0 Å². The van der Waals surface area contributed by atoms with Crippen LogP contribution >= 0.6 is 0 Å². The van der Waals surface area contributed by atoms with E-state index >= 15 is 0 Å². The molecule has 0 unspecified atom stereocenters. The third-order valence-corrected chi connectivity index (χ3v) is 4.30. The lowest BCUT2D eigenvalue weighted by Crippen LogP contribution is -2.33. The molecule has 1 saturated heterocycles. The van der Waals surface area contributed by atoms with Gasteiger partial charge < -0.3 is 9.64 Å². The number of aromatic nitrogens is 1. The van der Waals surface area contributed by atoms with Crippen LogP contribution in [0, 0.1) is 0 Å². The minimum absolute atomic E-state index is 0.112. The standard InChI is InChI=1S/C19H18F3N3O3/c1-12(2)16-9-23-8-7-13(16)10-24-11-17(26)25(18(24)27)14-3-5-15(6-4-14)28-19(20,21)22/h3-9,12H,10-11H2,1-2H3. The molecule has 1 fully saturated rings. The molecular formula is C19H18F3N3O3. The van der Waals surface area contributed by atoms with Crippen LogP contribution in [0.25, 0.3) is 0 Å². The Balaban J connectivity index is 1.77. The Hall–Kier alpha value is -3.10. The van der Waals surface area contributed by atoms with Gasteiger partial charge in [-0.1, -0.05) is 13.8 Å². The molecule has 0 N–H and O–H groups in total. The number of alkyl halides is 3. The van der Waals surface area contributed by atoms with Crippen LogP contribution in [-0.4, -0.2) is 34.7 Å². The highest BCUT2D eigenvalue weighted by atomic mass is 19.4. The molecule has 9 heteroatoms. The van der Waals surface area contributed by atoms with Crippen LogP contribution in [0.1, 0.15) is 30.9 Å². The predicted molar refractivity (Wildman–Crippen MR) is 94.7 cm³/mol. The van der Waals surface area contributed by atoms with Crippen molar-refractivity contribution in [2.75, 3.05) is 11.4 Å². The first-order chi connectivity index (χ1) is 13.2. The first-order valence-electron chi connectivity index (χ1n) is 8.56. The number of pyridine rings is 1. The molecule has 148 valence electrons. The zero-order chi connectivity index (χ0) is 20.5. The van der Waals surface area contributed by atoms with E-state index in [1.54, 1.807) is 18.5 Å². The van der Waals surface area contributed by atoms with E-state index < -0.39 is 24.1 Å². The second-order valence-electron chi connectivity index (χ2n) is 6.64. The number of urea groups is 1. The van der Waals surface area contributed by atoms with Crippen LogP contribution in [0.3, 0.4) is 0 Å². The lowest BCUT2D eigenvalue weighted by Gasteiger charge is -2.20. The first kappa shape index (κ1) is 19.7. The summed E-state index contributed by atoms with van der Waals surface area (Å²) in [5.74, 6) is -0.672. The van der Waals surface area contributed by atoms with Gasteiger partial charge in [-0.25, -0.2) is 9.69 Å². The van der Waals surface area contributed by atoms with Crippen molar-refractivity contribution in [2.24, 2.45) is 0 Å². The summed E-state index contributed by atoms with van der Waals surface area (Å²) >= 11 is 0. The van der Waals surface area contributed by atoms with Crippen molar-refractivity contribution in [2.45, 2.75) is 32.7 Å². The molecule has 28 heavy (non-hydrogen) atoms. The molecule has 2 heterocycles. The molecule has 0 saturated carbocycles. The van der Waals surface area contributed by atoms with Crippen LogP contribution in [0.15, 0.2) is 42.7 Å². The van der Waals surface area contributed by atoms with E-state index in [1.165, 1.54) is 17.0 Å². The lowest BCUT2D eigenvalue weighted by molar-refractivity contribution is -0.274. The van der Waals surface area contributed by atoms with Gasteiger partial charge in [0.15, 0.2) is 0 Å². The number of amides is 3. The molecule has 0 bridgehead atoms. The van der Waals surface area contributed by atoms with Crippen molar-refractivity contribution in [3.8, 4) is 5.75 Å². The number of carbonyl (C=O) groups excluding carboxylic acids is 2. The summed E-state index contributed by atoms with van der Waals surface area (Å²) in [6.45, 7) is 4.15. The maximum absolute atomic E-state index is 12.7. The molecule has 1 aromatic heterocycles. The summed E-state index contributed by atoms with van der Waals surface area (Å²) in [5.41, 5.74) is 2.06. The quantitative estimate of drug-likeness (QED) is 0.719. The molecule has 0 atom stereocenters. The van der Waals surface area contributed by atoms with Crippen molar-refractivity contribution in [3.63, 3.8) is 0 Å². The number of imide groups is 1. The van der Waals surface area contributed by atoms with E-state index in [1.807, 2.05) is 13.8 Å². The molecular weight excluding hydrogens is 375 g/mol. The zero-order valence-corrected chi connectivity index (χ0v) is 15.2. The highest BCUT2D eigenvalue weighted by Crippen LogP contribution is 2.28. The Bertz CT molecular complexity index is 882. The lowest BCUT2D eigenvalue weighted by atomic mass is 9.99. The molecule has 0 radical (unpaired) electrons. The number of carbonyl (C=O) groups is 2. The summed E-state index contributed by atoms with van der Waals surface area (Å²) in [7, 11) is 0. The molecule has 3 amide bonds. The number of rotatable bonds is 5. The fourth-order valence-corrected chi connectivity index (χ4v) is 3.03. The maximum atomic E-state index is 12.7. The Labute approximate surface area is 159 Å². The van der Waals surface area contributed by atoms with E-state index in [4.69, 9.17) is 0 Å². The van der Waals surface area contributed by atoms with Crippen LogP contribution < -0.4 is 9.64 Å². The van der Waals surface area contributed by atoms with E-state index in [-0.39, 0.29) is 24.7 Å². The highest BCUT2D eigenvalue weighted by Gasteiger charge is 2.37. The third kappa shape index (κ3) is 4.24. The maximum Gasteiger partial charge on any atom is 0.573 e. The van der Waals surface area contributed by atoms with Gasteiger partial charge in [-0.05, 0) is 47.4 Å². The van der Waals surface area contributed by atoms with Gasteiger partial charge in [0.05, 0.1) is 5.69 Å². The number of ether oxygens (including phenoxy) is 1. The molecule has 3 rings (SSSR count). The monoisotopic (exact) mass is 393 g/mol. The van der Waals surface area contributed by atoms with Crippen molar-refractivity contribution in [1.82, 2.24) is 9.88 Å². The number of anilines is 1. The van der Waals surface area contributed by atoms with Crippen LogP contribution in [0.2, 0.25) is 0 Å². The molecule has 0 aliphatic carbocycles. The van der Waals surface area contributed by atoms with Gasteiger partial charge >= 0.3 is 12.4 Å². The van der Waals surface area contributed by atoms with Gasteiger partial charge in [0.2, 0.25) is 0 Å². The SMILES string of the molecule is CC(C)c1cnccc1CN1CC(=O)N(c2ccc(OC(F)(F)F)cc2)C1=O. The minimum Gasteiger partial charge on any atom is -0.406 e. The van der Waals surface area contributed by atoms with Gasteiger partial charge in [-0.3, -0.25) is 9.78 Å². The highest BCUT2D eigenvalue weighted by molar-refractivity contribution is 6.19. The van der Waals surface area contributed by atoms with Crippen LogP contribution in [0.4, 0.5) is 23.7 Å². The van der Waals surface area contributed by atoms with Crippen LogP contribution in [-0.2, 0) is 11.3 Å². The Kier molecular flexibility index (Phi) is 5.26. The summed E-state index contributed by atoms with van der Waals surface area (Å²) in [6.07, 6.45) is -1.45. The van der Waals surface area contributed by atoms with Gasteiger partial charge in [-0.2, -0.15) is 0 Å². The summed E-state index contributed by atoms with van der Waals surface area (Å²) in [4.78, 5) is 31.5. The number of hydrogen-bond acceptors (Lipinski definition) is 4. The molecule has 2 aromatic rings. The topological polar surface area (TPSA) is 62.7 Å². The number of hydrogen-bond donors (Lipinski definition) is 0. The van der Waals surface area contributed by atoms with Crippen LogP contribution in [0.5, 0.6) is 5.75 Å². The number of benzene rings is 1. The zero-order valence-electron chi connectivity index (χ0n) is 15.2. The van der Waals surface area contributed by atoms with E-state index in [0.29, 0.717) is 0 Å². The summed E-state index contributed by atoms with van der Waals surface area (Å²) in [5, 5.41) is 0. The number of halogens is 3. The molecule has 1 aromatic carbocycles. The van der Waals surface area contributed by atoms with Gasteiger partial charge in [0, 0.05) is 18.9 Å². The number of nitrogens with zero attached hydrogens (tertiary/aromatic N) is 3. The smallest absolute Gasteiger partial charge is 0.406 e. The molecule has 6 nitrogen and oxygen atoms in total. The second kappa shape index (κ2) is 7.49. The molecule has 0 spiro atoms. The largest absolute Gasteiger partial charge is 0.573 e. The fourth-order valence-electron chi connectivity index (χ4n) is 3.03. The molecule has 1 aliphatic heterocycles. The predicted octanol–water partition coefficient (Wildman–Crippen LogP) is 4.07. The van der Waals surface area contributed by atoms with Crippen molar-refractivity contribution < 1.29 is 27.5 Å². The van der Waals surface area contributed by atoms with Crippen molar-refractivity contribution in [3.05, 3.63) is 53.9 Å².